The molecule has 2 aromatic heterocycles. The molecule has 1 N–H and O–H groups in total. The summed E-state index contributed by atoms with van der Waals surface area (Å²) in [5, 5.41) is 4.38. The Labute approximate surface area is 202 Å². The Morgan fingerprint density at radius 3 is 2.24 bits per heavy atom. The number of ether oxygens (including phenoxy) is 2. The van der Waals surface area contributed by atoms with E-state index in [1.165, 1.54) is 11.5 Å². The van der Waals surface area contributed by atoms with Crippen LogP contribution in [0.5, 0.6) is 11.5 Å². The van der Waals surface area contributed by atoms with E-state index in [1.807, 2.05) is 48.5 Å². The number of fused-ring (bicyclic) bond motifs is 3. The molecule has 2 aliphatic rings. The van der Waals surface area contributed by atoms with Gasteiger partial charge < -0.3 is 14.3 Å². The highest BCUT2D eigenvalue weighted by atomic mass is 32.2. The Bertz CT molecular complexity index is 1390. The fraction of sp³-hybridized carbons (Fsp3) is 0.250. The van der Waals surface area contributed by atoms with Crippen molar-refractivity contribution in [1.82, 2.24) is 15.1 Å². The first kappa shape index (κ1) is 21.1. The SMILES string of the molecule is COc1ccc(C2Cc3sc4snnc4c3C(c3ccc(OC)cc3)C23C(=O)NOC3=O)cc1. The minimum atomic E-state index is -1.51. The molecule has 1 fully saturated rings. The quantitative estimate of drug-likeness (QED) is 0.432. The monoisotopic (exact) mass is 493 g/mol. The number of rotatable bonds is 4. The topological polar surface area (TPSA) is 99.6 Å². The maximum atomic E-state index is 13.6. The van der Waals surface area contributed by atoms with Gasteiger partial charge in [0.2, 0.25) is 0 Å². The molecule has 3 atom stereocenters. The van der Waals surface area contributed by atoms with Crippen molar-refractivity contribution in [1.29, 1.82) is 0 Å². The number of thiophene rings is 1. The van der Waals surface area contributed by atoms with Gasteiger partial charge in [0.05, 0.1) is 14.2 Å². The summed E-state index contributed by atoms with van der Waals surface area (Å²) in [7, 11) is 3.20. The van der Waals surface area contributed by atoms with E-state index in [4.69, 9.17) is 14.3 Å². The molecule has 34 heavy (non-hydrogen) atoms. The highest BCUT2D eigenvalue weighted by Gasteiger charge is 2.66. The minimum Gasteiger partial charge on any atom is -0.497 e. The van der Waals surface area contributed by atoms with Crippen molar-refractivity contribution >= 4 is 44.3 Å². The Morgan fingerprint density at radius 2 is 1.65 bits per heavy atom. The molecule has 8 nitrogen and oxygen atoms in total. The summed E-state index contributed by atoms with van der Waals surface area (Å²) in [5.41, 5.74) is 4.15. The van der Waals surface area contributed by atoms with E-state index >= 15 is 0 Å². The molecule has 10 heteroatoms. The van der Waals surface area contributed by atoms with Gasteiger partial charge in [0, 0.05) is 22.3 Å². The number of aromatic nitrogens is 2. The highest BCUT2D eigenvalue weighted by Crippen LogP contribution is 2.61. The van der Waals surface area contributed by atoms with Crippen LogP contribution >= 0.6 is 22.9 Å². The summed E-state index contributed by atoms with van der Waals surface area (Å²) in [6.07, 6.45) is 0.505. The molecular formula is C24H19N3O5S2. The van der Waals surface area contributed by atoms with Crippen LogP contribution in [0.25, 0.3) is 9.53 Å². The average molecular weight is 494 g/mol. The fourth-order valence-corrected chi connectivity index (χ4v) is 7.31. The maximum absolute atomic E-state index is 13.6. The molecule has 2 aromatic carbocycles. The summed E-state index contributed by atoms with van der Waals surface area (Å²) in [6.45, 7) is 0. The van der Waals surface area contributed by atoms with Crippen molar-refractivity contribution < 1.29 is 23.9 Å². The number of amides is 1. The molecule has 3 heterocycles. The average Bonchev–Trinajstić information content (AvgIpc) is 3.54. The number of hydrogen-bond acceptors (Lipinski definition) is 9. The number of methoxy groups -OCH3 is 2. The standard InChI is InChI=1S/C24H19N3O5S2/c1-30-14-7-3-12(4-8-14)16-11-17-18(20-21(33-17)34-27-25-20)19(13-5-9-15(31-2)10-6-13)24(16)22(28)26-32-23(24)29/h3-10,16,19H,11H2,1-2H3,(H,26,28). The van der Waals surface area contributed by atoms with Crippen molar-refractivity contribution in [2.75, 3.05) is 14.2 Å². The van der Waals surface area contributed by atoms with Crippen molar-refractivity contribution in [3.63, 3.8) is 0 Å². The van der Waals surface area contributed by atoms with Gasteiger partial charge in [-0.3, -0.25) is 4.79 Å². The molecule has 3 unspecified atom stereocenters. The first-order chi connectivity index (χ1) is 16.6. The third kappa shape index (κ3) is 2.82. The molecule has 0 radical (unpaired) electrons. The van der Waals surface area contributed by atoms with Crippen LogP contribution in [0.15, 0.2) is 48.5 Å². The van der Waals surface area contributed by atoms with E-state index in [1.54, 1.807) is 25.6 Å². The molecule has 0 saturated carbocycles. The van der Waals surface area contributed by atoms with Crippen LogP contribution in [-0.4, -0.2) is 35.7 Å². The Morgan fingerprint density at radius 1 is 1.00 bits per heavy atom. The Kier molecular flexibility index (Phi) is 4.82. The zero-order valence-electron chi connectivity index (χ0n) is 18.2. The predicted octanol–water partition coefficient (Wildman–Crippen LogP) is 3.82. The third-order valence-electron chi connectivity index (χ3n) is 6.83. The largest absolute Gasteiger partial charge is 0.497 e. The lowest BCUT2D eigenvalue weighted by Crippen LogP contribution is -2.49. The lowest BCUT2D eigenvalue weighted by molar-refractivity contribution is -0.152. The zero-order chi connectivity index (χ0) is 23.4. The number of hydroxylamine groups is 1. The smallest absolute Gasteiger partial charge is 0.349 e. The van der Waals surface area contributed by atoms with Gasteiger partial charge in [0.25, 0.3) is 5.91 Å². The molecule has 1 saturated heterocycles. The number of nitrogens with zero attached hydrogens (tertiary/aromatic N) is 2. The predicted molar refractivity (Wildman–Crippen MR) is 126 cm³/mol. The summed E-state index contributed by atoms with van der Waals surface area (Å²) < 4.78 is 15.8. The number of benzene rings is 2. The summed E-state index contributed by atoms with van der Waals surface area (Å²) in [4.78, 5) is 33.6. The van der Waals surface area contributed by atoms with E-state index < -0.39 is 29.1 Å². The molecule has 4 aromatic rings. The van der Waals surface area contributed by atoms with E-state index in [0.717, 1.165) is 31.1 Å². The normalized spacial score (nSPS) is 23.6. The van der Waals surface area contributed by atoms with Crippen LogP contribution in [0.1, 0.15) is 33.4 Å². The second-order valence-electron chi connectivity index (χ2n) is 8.27. The summed E-state index contributed by atoms with van der Waals surface area (Å²) in [5.74, 6) is -0.716. The van der Waals surface area contributed by atoms with E-state index in [0.29, 0.717) is 17.9 Å². The van der Waals surface area contributed by atoms with Gasteiger partial charge in [-0.25, -0.2) is 4.79 Å². The maximum Gasteiger partial charge on any atom is 0.349 e. The van der Waals surface area contributed by atoms with Gasteiger partial charge in [0.1, 0.15) is 21.0 Å². The number of nitrogens with one attached hydrogen (secondary N) is 1. The number of hydrogen-bond donors (Lipinski definition) is 1. The van der Waals surface area contributed by atoms with E-state index in [9.17, 15) is 9.59 Å². The number of carbonyl (C=O) groups excluding carboxylic acids is 2. The van der Waals surface area contributed by atoms with Crippen LogP contribution in [0.3, 0.4) is 0 Å². The molecule has 1 aliphatic heterocycles. The van der Waals surface area contributed by atoms with Gasteiger partial charge >= 0.3 is 5.97 Å². The van der Waals surface area contributed by atoms with Crippen LogP contribution in [0.2, 0.25) is 0 Å². The van der Waals surface area contributed by atoms with Gasteiger partial charge in [0.15, 0.2) is 5.41 Å². The molecular weight excluding hydrogens is 474 g/mol. The van der Waals surface area contributed by atoms with E-state index in [2.05, 4.69) is 15.1 Å². The lowest BCUT2D eigenvalue weighted by atomic mass is 9.56. The van der Waals surface area contributed by atoms with Crippen molar-refractivity contribution in [2.24, 2.45) is 5.41 Å². The first-order valence-electron chi connectivity index (χ1n) is 10.6. The molecule has 0 bridgehead atoms. The molecule has 172 valence electrons. The van der Waals surface area contributed by atoms with Crippen LogP contribution in [-0.2, 0) is 20.8 Å². The Hall–Kier alpha value is -3.50. The first-order valence-corrected chi connectivity index (χ1v) is 12.2. The van der Waals surface area contributed by atoms with E-state index in [-0.39, 0.29) is 0 Å². The van der Waals surface area contributed by atoms with Gasteiger partial charge in [-0.15, -0.1) is 16.4 Å². The van der Waals surface area contributed by atoms with Crippen LogP contribution < -0.4 is 15.0 Å². The van der Waals surface area contributed by atoms with Crippen molar-refractivity contribution in [2.45, 2.75) is 18.3 Å². The second-order valence-corrected chi connectivity index (χ2v) is 10.4. The Balaban J connectivity index is 1.65. The second kappa shape index (κ2) is 7.78. The van der Waals surface area contributed by atoms with Gasteiger partial charge in [-0.05, 0) is 53.3 Å². The zero-order valence-corrected chi connectivity index (χ0v) is 19.9. The van der Waals surface area contributed by atoms with Gasteiger partial charge in [-0.1, -0.05) is 28.8 Å². The molecule has 6 rings (SSSR count). The summed E-state index contributed by atoms with van der Waals surface area (Å²) in [6, 6.07) is 15.0. The number of carbonyl (C=O) groups is 2. The summed E-state index contributed by atoms with van der Waals surface area (Å²) >= 11 is 2.95. The fourth-order valence-electron chi connectivity index (χ4n) is 5.28. The van der Waals surface area contributed by atoms with Crippen LogP contribution in [0.4, 0.5) is 0 Å². The lowest BCUT2D eigenvalue weighted by Gasteiger charge is -2.42. The van der Waals surface area contributed by atoms with Crippen molar-refractivity contribution in [3.8, 4) is 11.5 Å². The minimum absolute atomic E-state index is 0.450. The van der Waals surface area contributed by atoms with Crippen molar-refractivity contribution in [3.05, 3.63) is 70.1 Å². The third-order valence-corrected chi connectivity index (χ3v) is 8.84. The molecule has 1 aliphatic carbocycles. The molecule has 1 amide bonds. The van der Waals surface area contributed by atoms with Crippen LogP contribution in [0, 0.1) is 5.41 Å². The van der Waals surface area contributed by atoms with Gasteiger partial charge in [-0.2, -0.15) is 5.48 Å². The molecule has 1 spiro atoms. The highest BCUT2D eigenvalue weighted by molar-refractivity contribution is 7.36.